The second kappa shape index (κ2) is 7.36. The second-order valence-electron chi connectivity index (χ2n) is 4.20. The van der Waals surface area contributed by atoms with Crippen molar-refractivity contribution < 1.29 is 14.3 Å². The molecule has 0 heterocycles. The maximum atomic E-state index is 11.7. The van der Waals surface area contributed by atoms with Gasteiger partial charge in [-0.3, -0.25) is 9.59 Å². The fourth-order valence-corrected chi connectivity index (χ4v) is 2.03. The first-order valence-corrected chi connectivity index (χ1v) is 6.22. The minimum atomic E-state index is -0.567. The van der Waals surface area contributed by atoms with E-state index >= 15 is 0 Å². The van der Waals surface area contributed by atoms with Gasteiger partial charge < -0.3 is 10.5 Å². The molecule has 0 aromatic heterocycles. The summed E-state index contributed by atoms with van der Waals surface area (Å²) in [4.78, 5) is 23.2. The number of carbonyl (C=O) groups excluding carboxylic acids is 2. The molecule has 0 saturated carbocycles. The molecule has 2 unspecified atom stereocenters. The quantitative estimate of drug-likeness (QED) is 0.603. The predicted molar refractivity (Wildman–Crippen MR) is 73.3 cm³/mol. The summed E-state index contributed by atoms with van der Waals surface area (Å²) in [5, 5.41) is 0. The lowest BCUT2D eigenvalue weighted by Gasteiger charge is -2.21. The van der Waals surface area contributed by atoms with Crippen molar-refractivity contribution in [2.75, 3.05) is 6.61 Å². The molecule has 0 aliphatic heterocycles. The molecule has 4 heteroatoms. The van der Waals surface area contributed by atoms with Gasteiger partial charge in [-0.2, -0.15) is 0 Å². The highest BCUT2D eigenvalue weighted by Gasteiger charge is 2.28. The molecule has 1 aromatic carbocycles. The average molecular weight is 261 g/mol. The van der Waals surface area contributed by atoms with Crippen LogP contribution in [0.25, 0.3) is 0 Å². The van der Waals surface area contributed by atoms with Gasteiger partial charge >= 0.3 is 5.97 Å². The van der Waals surface area contributed by atoms with Crippen molar-refractivity contribution in [3.63, 3.8) is 0 Å². The molecule has 1 aromatic rings. The van der Waals surface area contributed by atoms with E-state index < -0.39 is 11.8 Å². The van der Waals surface area contributed by atoms with Crippen LogP contribution in [0.1, 0.15) is 24.8 Å². The summed E-state index contributed by atoms with van der Waals surface area (Å²) >= 11 is 0. The summed E-state index contributed by atoms with van der Waals surface area (Å²) in [5.41, 5.74) is 6.24. The predicted octanol–water partition coefficient (Wildman–Crippen LogP) is 2.01. The highest BCUT2D eigenvalue weighted by molar-refractivity contribution is 5.83. The summed E-state index contributed by atoms with van der Waals surface area (Å²) in [6.45, 7) is 5.74. The third-order valence-electron chi connectivity index (χ3n) is 2.90. The highest BCUT2D eigenvalue weighted by atomic mass is 16.5. The molecule has 4 nitrogen and oxygen atoms in total. The second-order valence-corrected chi connectivity index (χ2v) is 4.20. The van der Waals surface area contributed by atoms with Crippen molar-refractivity contribution in [1.82, 2.24) is 0 Å². The van der Waals surface area contributed by atoms with Crippen LogP contribution in [0.5, 0.6) is 0 Å². The normalized spacial score (nSPS) is 13.3. The van der Waals surface area contributed by atoms with Gasteiger partial charge in [-0.05, 0) is 12.5 Å². The number of benzene rings is 1. The monoisotopic (exact) mass is 261 g/mol. The van der Waals surface area contributed by atoms with Crippen molar-refractivity contribution in [3.8, 4) is 0 Å². The topological polar surface area (TPSA) is 69.4 Å². The highest BCUT2D eigenvalue weighted by Crippen LogP contribution is 2.28. The summed E-state index contributed by atoms with van der Waals surface area (Å²) in [5.74, 6) is -1.75. The summed E-state index contributed by atoms with van der Waals surface area (Å²) in [6.07, 6.45) is 1.68. The molecule has 2 atom stereocenters. The number of primary amides is 1. The van der Waals surface area contributed by atoms with Crippen molar-refractivity contribution in [2.45, 2.75) is 19.3 Å². The summed E-state index contributed by atoms with van der Waals surface area (Å²) < 4.78 is 4.90. The first-order chi connectivity index (χ1) is 9.10. The van der Waals surface area contributed by atoms with Crippen LogP contribution in [-0.2, 0) is 14.3 Å². The van der Waals surface area contributed by atoms with Crippen molar-refractivity contribution in [3.05, 3.63) is 48.6 Å². The average Bonchev–Trinajstić information content (AvgIpc) is 2.39. The Hall–Kier alpha value is -2.10. The maximum absolute atomic E-state index is 11.7. The van der Waals surface area contributed by atoms with Crippen molar-refractivity contribution in [2.24, 2.45) is 11.7 Å². The number of esters is 1. The zero-order chi connectivity index (χ0) is 14.3. The molecule has 0 saturated heterocycles. The van der Waals surface area contributed by atoms with E-state index in [2.05, 4.69) is 6.58 Å². The number of rotatable bonds is 7. The number of ether oxygens (including phenoxy) is 1. The molecular weight excluding hydrogens is 242 g/mol. The maximum Gasteiger partial charge on any atom is 0.306 e. The van der Waals surface area contributed by atoms with Gasteiger partial charge in [-0.25, -0.2) is 0 Å². The minimum absolute atomic E-state index is 0.0971. The number of carbonyl (C=O) groups is 2. The van der Waals surface area contributed by atoms with Crippen LogP contribution in [-0.4, -0.2) is 18.5 Å². The number of nitrogens with two attached hydrogens (primary N) is 1. The lowest BCUT2D eigenvalue weighted by atomic mass is 9.83. The lowest BCUT2D eigenvalue weighted by molar-refractivity contribution is -0.144. The standard InChI is InChI=1S/C15H19NO3/c1-3-11(10-13(17)19-4-2)14(15(16)18)12-8-6-5-7-9-12/h3,5-9,11,14H,1,4,10H2,2H3,(H2,16,18). The molecule has 1 rings (SSSR count). The van der Waals surface area contributed by atoms with E-state index in [1.807, 2.05) is 30.3 Å². The van der Waals surface area contributed by atoms with E-state index in [1.165, 1.54) is 0 Å². The molecule has 0 aliphatic carbocycles. The molecule has 19 heavy (non-hydrogen) atoms. The third-order valence-corrected chi connectivity index (χ3v) is 2.90. The Morgan fingerprint density at radius 3 is 2.47 bits per heavy atom. The van der Waals surface area contributed by atoms with E-state index in [0.29, 0.717) is 6.61 Å². The van der Waals surface area contributed by atoms with Gasteiger partial charge in [0.25, 0.3) is 0 Å². The van der Waals surface area contributed by atoms with E-state index in [9.17, 15) is 9.59 Å². The molecular formula is C15H19NO3. The third kappa shape index (κ3) is 4.25. The summed E-state index contributed by atoms with van der Waals surface area (Å²) in [7, 11) is 0. The lowest BCUT2D eigenvalue weighted by Crippen LogP contribution is -2.29. The Morgan fingerprint density at radius 1 is 1.37 bits per heavy atom. The van der Waals surface area contributed by atoms with Gasteiger partial charge in [-0.15, -0.1) is 6.58 Å². The molecule has 0 radical (unpaired) electrons. The van der Waals surface area contributed by atoms with Gasteiger partial charge in [0.2, 0.25) is 5.91 Å². The minimum Gasteiger partial charge on any atom is -0.466 e. The van der Waals surface area contributed by atoms with E-state index in [-0.39, 0.29) is 18.3 Å². The van der Waals surface area contributed by atoms with Gasteiger partial charge in [0.1, 0.15) is 0 Å². The molecule has 0 bridgehead atoms. The van der Waals surface area contributed by atoms with Crippen LogP contribution < -0.4 is 5.73 Å². The van der Waals surface area contributed by atoms with Crippen LogP contribution in [0.4, 0.5) is 0 Å². The van der Waals surface area contributed by atoms with E-state index in [1.54, 1.807) is 13.0 Å². The number of hydrogen-bond acceptors (Lipinski definition) is 3. The number of hydrogen-bond donors (Lipinski definition) is 1. The van der Waals surface area contributed by atoms with E-state index in [0.717, 1.165) is 5.56 Å². The molecule has 0 aliphatic rings. The fraction of sp³-hybridized carbons (Fsp3) is 0.333. The Labute approximate surface area is 113 Å². The SMILES string of the molecule is C=CC(CC(=O)OCC)C(C(N)=O)c1ccccc1. The first-order valence-electron chi connectivity index (χ1n) is 6.22. The molecule has 0 spiro atoms. The van der Waals surface area contributed by atoms with Gasteiger partial charge in [0, 0.05) is 5.92 Å². The van der Waals surface area contributed by atoms with Gasteiger partial charge in [0.05, 0.1) is 18.9 Å². The molecule has 2 N–H and O–H groups in total. The van der Waals surface area contributed by atoms with E-state index in [4.69, 9.17) is 10.5 Å². The Bertz CT molecular complexity index is 442. The Kier molecular flexibility index (Phi) is 5.79. The van der Waals surface area contributed by atoms with Crippen LogP contribution in [0.2, 0.25) is 0 Å². The largest absolute Gasteiger partial charge is 0.466 e. The zero-order valence-corrected chi connectivity index (χ0v) is 11.0. The molecule has 102 valence electrons. The summed E-state index contributed by atoms with van der Waals surface area (Å²) in [6, 6.07) is 9.15. The number of allylic oxidation sites excluding steroid dienone is 1. The number of amides is 1. The van der Waals surface area contributed by atoms with Crippen LogP contribution in [0, 0.1) is 5.92 Å². The van der Waals surface area contributed by atoms with Crippen molar-refractivity contribution >= 4 is 11.9 Å². The van der Waals surface area contributed by atoms with Crippen molar-refractivity contribution in [1.29, 1.82) is 0 Å². The Balaban J connectivity index is 2.93. The zero-order valence-electron chi connectivity index (χ0n) is 11.0. The fourth-order valence-electron chi connectivity index (χ4n) is 2.03. The van der Waals surface area contributed by atoms with Crippen LogP contribution >= 0.6 is 0 Å². The molecule has 0 fully saturated rings. The molecule has 1 amide bonds. The smallest absolute Gasteiger partial charge is 0.306 e. The van der Waals surface area contributed by atoms with Gasteiger partial charge in [0.15, 0.2) is 0 Å². The first kappa shape index (κ1) is 15.0. The van der Waals surface area contributed by atoms with Crippen LogP contribution in [0.3, 0.4) is 0 Å². The Morgan fingerprint density at radius 2 is 2.00 bits per heavy atom. The van der Waals surface area contributed by atoms with Gasteiger partial charge in [-0.1, -0.05) is 36.4 Å². The van der Waals surface area contributed by atoms with Crippen LogP contribution in [0.15, 0.2) is 43.0 Å².